The number of piperazine rings is 1. The van der Waals surface area contributed by atoms with Crippen molar-refractivity contribution in [3.63, 3.8) is 0 Å². The zero-order chi connectivity index (χ0) is 14.0. The summed E-state index contributed by atoms with van der Waals surface area (Å²) in [7, 11) is 0. The van der Waals surface area contributed by atoms with E-state index in [1.54, 1.807) is 13.0 Å². The summed E-state index contributed by atoms with van der Waals surface area (Å²) in [6, 6.07) is 2.87. The molecule has 1 heterocycles. The first-order valence-electron chi connectivity index (χ1n) is 6.33. The van der Waals surface area contributed by atoms with Crippen LogP contribution in [-0.2, 0) is 6.54 Å². The van der Waals surface area contributed by atoms with E-state index in [0.717, 1.165) is 37.8 Å². The van der Waals surface area contributed by atoms with E-state index < -0.39 is 12.4 Å². The molecule has 106 valence electrons. The van der Waals surface area contributed by atoms with Gasteiger partial charge >= 0.3 is 6.98 Å². The lowest BCUT2D eigenvalue weighted by atomic mass is 9.76. The lowest BCUT2D eigenvalue weighted by Crippen LogP contribution is -2.43. The molecule has 7 heteroatoms. The van der Waals surface area contributed by atoms with Crippen LogP contribution in [-0.4, -0.2) is 38.1 Å². The fourth-order valence-electron chi connectivity index (χ4n) is 2.40. The SMILES string of the molecule is Cc1c(CN2CCNCC2)cc(S)cc1[B-](F)(F)F. The molecule has 0 unspecified atom stereocenters. The van der Waals surface area contributed by atoms with Crippen LogP contribution in [0.1, 0.15) is 11.1 Å². The average molecular weight is 289 g/mol. The molecule has 0 radical (unpaired) electrons. The van der Waals surface area contributed by atoms with Gasteiger partial charge in [-0.25, -0.2) is 0 Å². The van der Waals surface area contributed by atoms with Gasteiger partial charge in [0.25, 0.3) is 0 Å². The summed E-state index contributed by atoms with van der Waals surface area (Å²) in [6.07, 6.45) is 0. The van der Waals surface area contributed by atoms with Gasteiger partial charge in [-0.05, 0) is 18.6 Å². The van der Waals surface area contributed by atoms with Crippen LogP contribution in [0.25, 0.3) is 0 Å². The van der Waals surface area contributed by atoms with Gasteiger partial charge in [-0.1, -0.05) is 11.6 Å². The molecule has 19 heavy (non-hydrogen) atoms. The van der Waals surface area contributed by atoms with Gasteiger partial charge in [0.1, 0.15) is 0 Å². The molecule has 1 aromatic carbocycles. The van der Waals surface area contributed by atoms with Crippen LogP contribution >= 0.6 is 12.6 Å². The molecule has 0 aliphatic carbocycles. The van der Waals surface area contributed by atoms with Crippen LogP contribution < -0.4 is 10.8 Å². The number of thiol groups is 1. The molecule has 0 aromatic heterocycles. The first-order valence-corrected chi connectivity index (χ1v) is 6.78. The number of rotatable bonds is 3. The maximum atomic E-state index is 13.0. The average Bonchev–Trinajstić information content (AvgIpc) is 2.33. The monoisotopic (exact) mass is 289 g/mol. The summed E-state index contributed by atoms with van der Waals surface area (Å²) in [5, 5.41) is 3.23. The molecule has 2 nitrogen and oxygen atoms in total. The largest absolute Gasteiger partial charge is 0.509 e. The molecule has 0 spiro atoms. The fraction of sp³-hybridized carbons (Fsp3) is 0.500. The molecule has 1 fully saturated rings. The van der Waals surface area contributed by atoms with Gasteiger partial charge in [0, 0.05) is 37.6 Å². The molecule has 0 amide bonds. The molecule has 1 N–H and O–H groups in total. The van der Waals surface area contributed by atoms with Crippen LogP contribution in [0.3, 0.4) is 0 Å². The minimum Gasteiger partial charge on any atom is -0.445 e. The van der Waals surface area contributed by atoms with Crippen molar-refractivity contribution < 1.29 is 12.9 Å². The third-order valence-electron chi connectivity index (χ3n) is 3.50. The van der Waals surface area contributed by atoms with Crippen molar-refractivity contribution in [1.29, 1.82) is 0 Å². The minimum absolute atomic E-state index is 0.337. The topological polar surface area (TPSA) is 15.3 Å². The lowest BCUT2D eigenvalue weighted by molar-refractivity contribution is 0.232. The number of benzene rings is 1. The van der Waals surface area contributed by atoms with Gasteiger partial charge in [0.2, 0.25) is 0 Å². The van der Waals surface area contributed by atoms with Gasteiger partial charge in [0.15, 0.2) is 0 Å². The normalized spacial score (nSPS) is 17.7. The summed E-state index contributed by atoms with van der Waals surface area (Å²) in [5.74, 6) is 0. The maximum absolute atomic E-state index is 13.0. The van der Waals surface area contributed by atoms with Crippen molar-refractivity contribution in [2.45, 2.75) is 18.4 Å². The second-order valence-electron chi connectivity index (χ2n) is 4.92. The Balaban J connectivity index is 2.27. The second-order valence-corrected chi connectivity index (χ2v) is 5.44. The smallest absolute Gasteiger partial charge is 0.445 e. The van der Waals surface area contributed by atoms with E-state index in [9.17, 15) is 12.9 Å². The molecule has 1 saturated heterocycles. The van der Waals surface area contributed by atoms with E-state index >= 15 is 0 Å². The Bertz CT molecular complexity index is 459. The number of halogens is 3. The Kier molecular flexibility index (Phi) is 4.48. The Morgan fingerprint density at radius 1 is 1.26 bits per heavy atom. The maximum Gasteiger partial charge on any atom is 0.509 e. The van der Waals surface area contributed by atoms with Crippen LogP contribution in [0.4, 0.5) is 12.9 Å². The summed E-state index contributed by atoms with van der Waals surface area (Å²) in [5.41, 5.74) is 0.546. The molecular formula is C12H17BF3N2S-. The highest BCUT2D eigenvalue weighted by molar-refractivity contribution is 7.80. The summed E-state index contributed by atoms with van der Waals surface area (Å²) < 4.78 is 39.0. The van der Waals surface area contributed by atoms with Crippen molar-refractivity contribution in [3.05, 3.63) is 23.3 Å². The zero-order valence-electron chi connectivity index (χ0n) is 10.8. The fourth-order valence-corrected chi connectivity index (χ4v) is 2.69. The van der Waals surface area contributed by atoms with Crippen molar-refractivity contribution >= 4 is 25.1 Å². The number of hydrogen-bond acceptors (Lipinski definition) is 3. The van der Waals surface area contributed by atoms with Gasteiger partial charge in [-0.2, -0.15) is 0 Å². The predicted octanol–water partition coefficient (Wildman–Crippen LogP) is 1.74. The molecule has 1 aromatic rings. The van der Waals surface area contributed by atoms with Crippen molar-refractivity contribution in [1.82, 2.24) is 10.2 Å². The summed E-state index contributed by atoms with van der Waals surface area (Å²) >= 11 is 4.10. The van der Waals surface area contributed by atoms with E-state index in [2.05, 4.69) is 22.8 Å². The van der Waals surface area contributed by atoms with Gasteiger partial charge in [-0.15, -0.1) is 18.1 Å². The molecule has 0 saturated carbocycles. The van der Waals surface area contributed by atoms with Crippen molar-refractivity contribution in [2.75, 3.05) is 26.2 Å². The molecular weight excluding hydrogens is 272 g/mol. The van der Waals surface area contributed by atoms with Crippen LogP contribution in [0, 0.1) is 6.92 Å². The minimum atomic E-state index is -4.98. The van der Waals surface area contributed by atoms with Crippen molar-refractivity contribution in [3.8, 4) is 0 Å². The van der Waals surface area contributed by atoms with Gasteiger partial charge in [-0.3, -0.25) is 4.90 Å². The van der Waals surface area contributed by atoms with Crippen LogP contribution in [0.15, 0.2) is 17.0 Å². The van der Waals surface area contributed by atoms with Crippen molar-refractivity contribution in [2.24, 2.45) is 0 Å². The number of nitrogens with zero attached hydrogens (tertiary/aromatic N) is 1. The quantitative estimate of drug-likeness (QED) is 0.651. The summed E-state index contributed by atoms with van der Waals surface area (Å²) in [4.78, 5) is 2.55. The Hall–Kier alpha value is -0.655. The Morgan fingerprint density at radius 3 is 2.47 bits per heavy atom. The predicted molar refractivity (Wildman–Crippen MR) is 75.3 cm³/mol. The molecule has 1 aliphatic heterocycles. The van der Waals surface area contributed by atoms with Crippen LogP contribution in [0.5, 0.6) is 0 Å². The molecule has 0 bridgehead atoms. The Labute approximate surface area is 116 Å². The highest BCUT2D eigenvalue weighted by atomic mass is 32.1. The van der Waals surface area contributed by atoms with Gasteiger partial charge in [0.05, 0.1) is 0 Å². The molecule has 1 aliphatic rings. The van der Waals surface area contributed by atoms with E-state index in [1.807, 2.05) is 0 Å². The molecule has 2 rings (SSSR count). The first-order chi connectivity index (χ1) is 8.88. The Morgan fingerprint density at radius 2 is 1.89 bits per heavy atom. The number of hydrogen-bond donors (Lipinski definition) is 2. The molecule has 0 atom stereocenters. The summed E-state index contributed by atoms with van der Waals surface area (Å²) in [6.45, 7) is 0.625. The van der Waals surface area contributed by atoms with E-state index in [1.165, 1.54) is 0 Å². The standard InChI is InChI=1S/C12H17BF3N2S/c1-9-10(8-18-4-2-17-3-5-18)6-11(19)7-12(9)13(14,15)16/h6-7,17,19H,2-5,8H2,1H3/q-1. The number of nitrogens with one attached hydrogen (secondary N) is 1. The third-order valence-corrected chi connectivity index (χ3v) is 3.75. The van der Waals surface area contributed by atoms with Crippen LogP contribution in [0.2, 0.25) is 0 Å². The third kappa shape index (κ3) is 3.67. The van der Waals surface area contributed by atoms with E-state index in [-0.39, 0.29) is 0 Å². The highest BCUT2D eigenvalue weighted by Gasteiger charge is 2.28. The zero-order valence-corrected chi connectivity index (χ0v) is 11.7. The van der Waals surface area contributed by atoms with E-state index in [0.29, 0.717) is 17.0 Å². The lowest BCUT2D eigenvalue weighted by Gasteiger charge is -2.29. The highest BCUT2D eigenvalue weighted by Crippen LogP contribution is 2.20. The van der Waals surface area contributed by atoms with E-state index in [4.69, 9.17) is 0 Å². The van der Waals surface area contributed by atoms with Gasteiger partial charge < -0.3 is 18.3 Å². The second kappa shape index (κ2) is 5.77. The first kappa shape index (κ1) is 14.7.